The van der Waals surface area contributed by atoms with Crippen molar-refractivity contribution in [3.05, 3.63) is 48.5 Å². The van der Waals surface area contributed by atoms with Gasteiger partial charge < -0.3 is 19.9 Å². The summed E-state index contributed by atoms with van der Waals surface area (Å²) in [5.74, 6) is 1.73. The lowest BCUT2D eigenvalue weighted by Gasteiger charge is -2.12. The van der Waals surface area contributed by atoms with Gasteiger partial charge in [-0.1, -0.05) is 18.2 Å². The Labute approximate surface area is 167 Å². The Kier molecular flexibility index (Phi) is 10.7. The van der Waals surface area contributed by atoms with Crippen molar-refractivity contribution in [3.63, 3.8) is 0 Å². The zero-order chi connectivity index (χ0) is 17.0. The molecular weight excluding hydrogens is 429 g/mol. The highest BCUT2D eigenvalue weighted by Gasteiger charge is 2.03. The Balaban J connectivity index is 0.00000312. The maximum atomic E-state index is 5.65. The SMILES string of the molecule is CCNC(=NCc1ccccc1OCC)NCCCn1ccnc1.I. The second-order valence-electron chi connectivity index (χ2n) is 5.32. The summed E-state index contributed by atoms with van der Waals surface area (Å²) in [5.41, 5.74) is 1.09. The number of imidazole rings is 1. The minimum Gasteiger partial charge on any atom is -0.494 e. The third-order valence-corrected chi connectivity index (χ3v) is 3.47. The number of benzene rings is 1. The molecule has 0 saturated heterocycles. The highest BCUT2D eigenvalue weighted by atomic mass is 127. The molecule has 2 rings (SSSR count). The van der Waals surface area contributed by atoms with E-state index in [1.807, 2.05) is 37.6 Å². The third kappa shape index (κ3) is 7.76. The Hall–Kier alpha value is -1.77. The number of para-hydroxylation sites is 1. The molecule has 6 nitrogen and oxygen atoms in total. The first-order chi connectivity index (χ1) is 11.8. The number of ether oxygens (including phenoxy) is 1. The van der Waals surface area contributed by atoms with Crippen LogP contribution in [-0.2, 0) is 13.1 Å². The van der Waals surface area contributed by atoms with Crippen molar-refractivity contribution in [2.24, 2.45) is 4.99 Å². The van der Waals surface area contributed by atoms with Crippen molar-refractivity contribution < 1.29 is 4.74 Å². The summed E-state index contributed by atoms with van der Waals surface area (Å²) < 4.78 is 7.72. The van der Waals surface area contributed by atoms with E-state index in [1.165, 1.54) is 0 Å². The number of aromatic nitrogens is 2. The fourth-order valence-corrected chi connectivity index (χ4v) is 2.32. The van der Waals surface area contributed by atoms with Gasteiger partial charge in [0.15, 0.2) is 5.96 Å². The van der Waals surface area contributed by atoms with Crippen molar-refractivity contribution in [1.29, 1.82) is 0 Å². The van der Waals surface area contributed by atoms with Crippen LogP contribution >= 0.6 is 24.0 Å². The topological polar surface area (TPSA) is 63.5 Å². The normalized spacial score (nSPS) is 10.9. The van der Waals surface area contributed by atoms with Crippen LogP contribution in [0.4, 0.5) is 0 Å². The summed E-state index contributed by atoms with van der Waals surface area (Å²) in [7, 11) is 0. The predicted octanol–water partition coefficient (Wildman–Crippen LogP) is 3.05. The first kappa shape index (κ1) is 21.3. The standard InChI is InChI=1S/C18H27N5O.HI/c1-3-20-18(21-10-7-12-23-13-11-19-15-23)22-14-16-8-5-6-9-17(16)24-4-2;/h5-6,8-9,11,13,15H,3-4,7,10,12,14H2,1-2H3,(H2,20,21,22);1H. The molecule has 1 aromatic carbocycles. The highest BCUT2D eigenvalue weighted by molar-refractivity contribution is 14.0. The highest BCUT2D eigenvalue weighted by Crippen LogP contribution is 2.18. The van der Waals surface area contributed by atoms with Gasteiger partial charge in [-0.05, 0) is 26.3 Å². The molecule has 0 unspecified atom stereocenters. The van der Waals surface area contributed by atoms with Crippen molar-refractivity contribution in [2.45, 2.75) is 33.4 Å². The van der Waals surface area contributed by atoms with Gasteiger partial charge in [0.1, 0.15) is 5.75 Å². The first-order valence-corrected chi connectivity index (χ1v) is 8.52. The van der Waals surface area contributed by atoms with Crippen LogP contribution < -0.4 is 15.4 Å². The maximum absolute atomic E-state index is 5.65. The van der Waals surface area contributed by atoms with Crippen LogP contribution in [0.15, 0.2) is 48.0 Å². The van der Waals surface area contributed by atoms with Crippen LogP contribution in [0.5, 0.6) is 5.75 Å². The van der Waals surface area contributed by atoms with Gasteiger partial charge in [-0.3, -0.25) is 0 Å². The summed E-state index contributed by atoms with van der Waals surface area (Å²) in [6.07, 6.45) is 6.62. The molecule has 0 fully saturated rings. The lowest BCUT2D eigenvalue weighted by Crippen LogP contribution is -2.38. The summed E-state index contributed by atoms with van der Waals surface area (Å²) >= 11 is 0. The number of guanidine groups is 1. The van der Waals surface area contributed by atoms with E-state index in [9.17, 15) is 0 Å². The van der Waals surface area contributed by atoms with E-state index < -0.39 is 0 Å². The van der Waals surface area contributed by atoms with Gasteiger partial charge >= 0.3 is 0 Å². The van der Waals surface area contributed by atoms with Crippen LogP contribution in [0.2, 0.25) is 0 Å². The van der Waals surface area contributed by atoms with Crippen molar-refractivity contribution in [1.82, 2.24) is 20.2 Å². The van der Waals surface area contributed by atoms with E-state index in [0.29, 0.717) is 13.2 Å². The molecule has 0 aliphatic carbocycles. The largest absolute Gasteiger partial charge is 0.494 e. The molecule has 1 aromatic heterocycles. The second-order valence-corrected chi connectivity index (χ2v) is 5.32. The smallest absolute Gasteiger partial charge is 0.191 e. The molecule has 0 amide bonds. The van der Waals surface area contributed by atoms with Crippen molar-refractivity contribution in [3.8, 4) is 5.75 Å². The maximum Gasteiger partial charge on any atom is 0.191 e. The predicted molar refractivity (Wildman–Crippen MR) is 113 cm³/mol. The minimum atomic E-state index is 0. The van der Waals surface area contributed by atoms with Crippen molar-refractivity contribution in [2.75, 3.05) is 19.7 Å². The average Bonchev–Trinajstić information content (AvgIpc) is 3.11. The van der Waals surface area contributed by atoms with Crippen LogP contribution in [0.25, 0.3) is 0 Å². The summed E-state index contributed by atoms with van der Waals surface area (Å²) in [5, 5.41) is 6.65. The van der Waals surface area contributed by atoms with Crippen LogP contribution in [-0.4, -0.2) is 35.2 Å². The zero-order valence-corrected chi connectivity index (χ0v) is 17.3. The molecule has 2 aromatic rings. The zero-order valence-electron chi connectivity index (χ0n) is 14.9. The molecule has 0 radical (unpaired) electrons. The number of aliphatic imine (C=N–C) groups is 1. The van der Waals surface area contributed by atoms with E-state index in [4.69, 9.17) is 4.74 Å². The molecular formula is C18H28IN5O. The molecule has 0 atom stereocenters. The molecule has 0 bridgehead atoms. The van der Waals surface area contributed by atoms with E-state index in [2.05, 4.69) is 38.2 Å². The molecule has 7 heteroatoms. The van der Waals surface area contributed by atoms with Crippen LogP contribution in [0.1, 0.15) is 25.8 Å². The van der Waals surface area contributed by atoms with E-state index in [-0.39, 0.29) is 24.0 Å². The third-order valence-electron chi connectivity index (χ3n) is 3.47. The van der Waals surface area contributed by atoms with Gasteiger partial charge in [-0.25, -0.2) is 9.98 Å². The first-order valence-electron chi connectivity index (χ1n) is 8.52. The molecule has 0 saturated carbocycles. The fourth-order valence-electron chi connectivity index (χ4n) is 2.32. The Morgan fingerprint density at radius 2 is 2.08 bits per heavy atom. The number of rotatable bonds is 9. The number of nitrogens with zero attached hydrogens (tertiary/aromatic N) is 3. The molecule has 0 spiro atoms. The van der Waals surface area contributed by atoms with Gasteiger partial charge in [-0.15, -0.1) is 24.0 Å². The molecule has 0 aliphatic heterocycles. The number of hydrogen-bond acceptors (Lipinski definition) is 3. The molecule has 25 heavy (non-hydrogen) atoms. The van der Waals surface area contributed by atoms with E-state index in [1.54, 1.807) is 6.20 Å². The molecule has 138 valence electrons. The van der Waals surface area contributed by atoms with Gasteiger partial charge in [0.05, 0.1) is 19.5 Å². The lowest BCUT2D eigenvalue weighted by atomic mass is 10.2. The summed E-state index contributed by atoms with van der Waals surface area (Å²) in [6.45, 7) is 7.94. The van der Waals surface area contributed by atoms with Gasteiger partial charge in [0.25, 0.3) is 0 Å². The number of halogens is 1. The summed E-state index contributed by atoms with van der Waals surface area (Å²) in [6, 6.07) is 8.04. The Morgan fingerprint density at radius 1 is 1.24 bits per heavy atom. The second kappa shape index (κ2) is 12.6. The van der Waals surface area contributed by atoms with E-state index >= 15 is 0 Å². The fraction of sp³-hybridized carbons (Fsp3) is 0.444. The number of aryl methyl sites for hydroxylation is 1. The molecule has 2 N–H and O–H groups in total. The quantitative estimate of drug-likeness (QED) is 0.263. The Morgan fingerprint density at radius 3 is 2.80 bits per heavy atom. The van der Waals surface area contributed by atoms with Crippen LogP contribution in [0, 0.1) is 0 Å². The molecule has 0 aliphatic rings. The monoisotopic (exact) mass is 457 g/mol. The lowest BCUT2D eigenvalue weighted by molar-refractivity contribution is 0.336. The van der Waals surface area contributed by atoms with Gasteiger partial charge in [0, 0.05) is 37.6 Å². The van der Waals surface area contributed by atoms with Gasteiger partial charge in [0.2, 0.25) is 0 Å². The number of nitrogens with one attached hydrogen (secondary N) is 2. The van der Waals surface area contributed by atoms with E-state index in [0.717, 1.165) is 43.3 Å². The number of hydrogen-bond donors (Lipinski definition) is 2. The van der Waals surface area contributed by atoms with Gasteiger partial charge in [-0.2, -0.15) is 0 Å². The molecule has 1 heterocycles. The van der Waals surface area contributed by atoms with Crippen molar-refractivity contribution >= 4 is 29.9 Å². The average molecular weight is 457 g/mol. The van der Waals surface area contributed by atoms with Crippen LogP contribution in [0.3, 0.4) is 0 Å². The summed E-state index contributed by atoms with van der Waals surface area (Å²) in [4.78, 5) is 8.70. The minimum absolute atomic E-state index is 0. The Bertz CT molecular complexity index is 616.